The van der Waals surface area contributed by atoms with Crippen LogP contribution in [0.15, 0.2) is 107 Å². The minimum Gasteiger partial charge on any atom is -0.247 e. The summed E-state index contributed by atoms with van der Waals surface area (Å²) in [6.07, 6.45) is 0. The second kappa shape index (κ2) is 10.3. The third kappa shape index (κ3) is 5.23. The van der Waals surface area contributed by atoms with E-state index in [1.165, 1.54) is 11.8 Å². The molecule has 5 rings (SSSR count). The van der Waals surface area contributed by atoms with Crippen molar-refractivity contribution >= 4 is 50.2 Å². The predicted octanol–water partition coefficient (Wildman–Crippen LogP) is 7.35. The molecule has 8 heteroatoms. The van der Waals surface area contributed by atoms with Crippen molar-refractivity contribution in [2.75, 3.05) is 4.72 Å². The summed E-state index contributed by atoms with van der Waals surface area (Å²) >= 11 is 7.80. The summed E-state index contributed by atoms with van der Waals surface area (Å²) in [5.74, 6) is 0.618. The molecule has 0 aliphatic heterocycles. The van der Waals surface area contributed by atoms with Crippen LogP contribution in [0.4, 0.5) is 5.95 Å². The van der Waals surface area contributed by atoms with Crippen molar-refractivity contribution < 1.29 is 8.42 Å². The molecule has 1 heterocycles. The molecule has 0 amide bonds. The number of rotatable bonds is 7. The SMILES string of the molecule is Cc1cc(S(=O)(=O)Nc2nc(-c3ccccc3)c3ccccc3n2)c(SCc2ccccc2)cc1Cl. The number of thioether (sulfide) groups is 1. The van der Waals surface area contributed by atoms with Crippen LogP contribution in [0.2, 0.25) is 5.02 Å². The maximum absolute atomic E-state index is 13.6. The zero-order valence-electron chi connectivity index (χ0n) is 19.4. The first-order chi connectivity index (χ1) is 17.4. The molecule has 0 radical (unpaired) electrons. The van der Waals surface area contributed by atoms with Gasteiger partial charge in [-0.05, 0) is 36.2 Å². The number of nitrogens with zero attached hydrogens (tertiary/aromatic N) is 2. The van der Waals surface area contributed by atoms with E-state index in [9.17, 15) is 8.42 Å². The first-order valence-electron chi connectivity index (χ1n) is 11.2. The average Bonchev–Trinajstić information content (AvgIpc) is 2.89. The molecule has 0 atom stereocenters. The highest BCUT2D eigenvalue weighted by atomic mass is 35.5. The normalized spacial score (nSPS) is 11.5. The number of para-hydroxylation sites is 1. The van der Waals surface area contributed by atoms with Crippen molar-refractivity contribution in [2.45, 2.75) is 22.5 Å². The van der Waals surface area contributed by atoms with Gasteiger partial charge in [0.2, 0.25) is 5.95 Å². The van der Waals surface area contributed by atoms with Gasteiger partial charge in [-0.15, -0.1) is 11.8 Å². The van der Waals surface area contributed by atoms with Crippen LogP contribution in [-0.2, 0) is 15.8 Å². The Morgan fingerprint density at radius 2 is 1.53 bits per heavy atom. The van der Waals surface area contributed by atoms with Gasteiger partial charge in [0.05, 0.1) is 11.2 Å². The molecule has 4 aromatic carbocycles. The van der Waals surface area contributed by atoms with Gasteiger partial charge in [-0.3, -0.25) is 0 Å². The summed E-state index contributed by atoms with van der Waals surface area (Å²) in [6, 6.07) is 30.4. The number of nitrogens with one attached hydrogen (secondary N) is 1. The fourth-order valence-electron chi connectivity index (χ4n) is 3.81. The highest BCUT2D eigenvalue weighted by molar-refractivity contribution is 7.99. The summed E-state index contributed by atoms with van der Waals surface area (Å²) in [6.45, 7) is 1.78. The van der Waals surface area contributed by atoms with E-state index >= 15 is 0 Å². The van der Waals surface area contributed by atoms with Gasteiger partial charge >= 0.3 is 0 Å². The first kappa shape index (κ1) is 24.3. The lowest BCUT2D eigenvalue weighted by Crippen LogP contribution is -2.16. The quantitative estimate of drug-likeness (QED) is 0.222. The van der Waals surface area contributed by atoms with Gasteiger partial charge in [0, 0.05) is 26.6 Å². The maximum Gasteiger partial charge on any atom is 0.265 e. The zero-order valence-corrected chi connectivity index (χ0v) is 21.7. The number of benzene rings is 4. The number of fused-ring (bicyclic) bond motifs is 1. The van der Waals surface area contributed by atoms with Crippen molar-refractivity contribution in [3.05, 3.63) is 113 Å². The first-order valence-corrected chi connectivity index (χ1v) is 14.1. The molecular formula is C28H22ClN3O2S2. The number of aromatic nitrogens is 2. The van der Waals surface area contributed by atoms with Crippen molar-refractivity contribution in [3.8, 4) is 11.3 Å². The molecule has 0 saturated carbocycles. The fraction of sp³-hybridized carbons (Fsp3) is 0.0714. The van der Waals surface area contributed by atoms with E-state index in [0.29, 0.717) is 32.4 Å². The maximum atomic E-state index is 13.6. The molecule has 0 unspecified atom stereocenters. The molecule has 1 aromatic heterocycles. The van der Waals surface area contributed by atoms with Crippen LogP contribution in [0, 0.1) is 6.92 Å². The van der Waals surface area contributed by atoms with E-state index in [4.69, 9.17) is 11.6 Å². The lowest BCUT2D eigenvalue weighted by molar-refractivity contribution is 0.598. The largest absolute Gasteiger partial charge is 0.265 e. The van der Waals surface area contributed by atoms with Crippen LogP contribution in [0.3, 0.4) is 0 Å². The smallest absolute Gasteiger partial charge is 0.247 e. The van der Waals surface area contributed by atoms with Crippen molar-refractivity contribution in [1.82, 2.24) is 9.97 Å². The Labute approximate surface area is 219 Å². The molecule has 0 bridgehead atoms. The molecule has 36 heavy (non-hydrogen) atoms. The molecule has 0 fully saturated rings. The molecule has 1 N–H and O–H groups in total. The van der Waals surface area contributed by atoms with E-state index in [1.54, 1.807) is 19.1 Å². The Bertz CT molecular complexity index is 1640. The van der Waals surface area contributed by atoms with E-state index in [-0.39, 0.29) is 10.8 Å². The number of anilines is 1. The van der Waals surface area contributed by atoms with Crippen LogP contribution >= 0.6 is 23.4 Å². The Kier molecular flexibility index (Phi) is 6.96. The number of hydrogen-bond donors (Lipinski definition) is 1. The van der Waals surface area contributed by atoms with Crippen LogP contribution in [-0.4, -0.2) is 18.4 Å². The molecular weight excluding hydrogens is 510 g/mol. The van der Waals surface area contributed by atoms with E-state index in [1.807, 2.05) is 84.9 Å². The number of sulfonamides is 1. The minimum absolute atomic E-state index is 0.0131. The second-order valence-corrected chi connectivity index (χ2v) is 11.3. The number of halogens is 1. The topological polar surface area (TPSA) is 72.0 Å². The van der Waals surface area contributed by atoms with E-state index in [0.717, 1.165) is 16.5 Å². The third-order valence-electron chi connectivity index (χ3n) is 5.63. The van der Waals surface area contributed by atoms with Crippen LogP contribution in [0.1, 0.15) is 11.1 Å². The summed E-state index contributed by atoms with van der Waals surface area (Å²) in [5.41, 5.74) is 3.93. The van der Waals surface area contributed by atoms with Gasteiger partial charge in [-0.1, -0.05) is 90.5 Å². The van der Waals surface area contributed by atoms with Gasteiger partial charge in [0.25, 0.3) is 10.0 Å². The lowest BCUT2D eigenvalue weighted by Gasteiger charge is -2.15. The fourth-order valence-corrected chi connectivity index (χ4v) is 6.56. The molecule has 180 valence electrons. The highest BCUT2D eigenvalue weighted by Crippen LogP contribution is 2.35. The predicted molar refractivity (Wildman–Crippen MR) is 148 cm³/mol. The Morgan fingerprint density at radius 1 is 0.861 bits per heavy atom. The number of hydrogen-bond acceptors (Lipinski definition) is 5. The van der Waals surface area contributed by atoms with Crippen LogP contribution in [0.5, 0.6) is 0 Å². The molecule has 5 nitrogen and oxygen atoms in total. The van der Waals surface area contributed by atoms with Gasteiger partial charge < -0.3 is 0 Å². The van der Waals surface area contributed by atoms with Crippen LogP contribution < -0.4 is 4.72 Å². The average molecular weight is 532 g/mol. The summed E-state index contributed by atoms with van der Waals surface area (Å²) in [4.78, 5) is 9.81. The summed E-state index contributed by atoms with van der Waals surface area (Å²) in [7, 11) is -4.01. The summed E-state index contributed by atoms with van der Waals surface area (Å²) in [5, 5.41) is 1.35. The molecule has 5 aromatic rings. The Morgan fingerprint density at radius 3 is 2.28 bits per heavy atom. The van der Waals surface area contributed by atoms with Crippen LogP contribution in [0.25, 0.3) is 22.2 Å². The van der Waals surface area contributed by atoms with Gasteiger partial charge in [-0.2, -0.15) is 0 Å². The lowest BCUT2D eigenvalue weighted by atomic mass is 10.1. The Hall–Kier alpha value is -3.39. The van der Waals surface area contributed by atoms with Gasteiger partial charge in [0.1, 0.15) is 4.90 Å². The molecule has 0 spiro atoms. The number of aryl methyl sites for hydroxylation is 1. The van der Waals surface area contributed by atoms with E-state index in [2.05, 4.69) is 14.7 Å². The van der Waals surface area contributed by atoms with Gasteiger partial charge in [-0.25, -0.2) is 23.1 Å². The van der Waals surface area contributed by atoms with Crippen molar-refractivity contribution in [2.24, 2.45) is 0 Å². The highest BCUT2D eigenvalue weighted by Gasteiger charge is 2.23. The zero-order chi connectivity index (χ0) is 25.1. The van der Waals surface area contributed by atoms with Gasteiger partial charge in [0.15, 0.2) is 0 Å². The van der Waals surface area contributed by atoms with Crippen molar-refractivity contribution in [3.63, 3.8) is 0 Å². The molecule has 0 saturated heterocycles. The minimum atomic E-state index is -4.01. The summed E-state index contributed by atoms with van der Waals surface area (Å²) < 4.78 is 29.9. The van der Waals surface area contributed by atoms with Crippen molar-refractivity contribution in [1.29, 1.82) is 0 Å². The monoisotopic (exact) mass is 531 g/mol. The van der Waals surface area contributed by atoms with E-state index < -0.39 is 10.0 Å². The molecule has 0 aliphatic rings. The standard InChI is InChI=1S/C28H22ClN3O2S2/c1-19-16-26(25(17-23(19)29)35-18-20-10-4-2-5-11-20)36(33,34)32-28-30-24-15-9-8-14-22(24)27(31-28)21-12-6-3-7-13-21/h2-17H,18H2,1H3,(H,30,31,32). The Balaban J connectivity index is 1.54. The second-order valence-electron chi connectivity index (χ2n) is 8.21. The third-order valence-corrected chi connectivity index (χ3v) is 8.66. The molecule has 0 aliphatic carbocycles.